The molecule has 1 amide bonds. The van der Waals surface area contributed by atoms with Crippen molar-refractivity contribution in [3.8, 4) is 11.5 Å². The van der Waals surface area contributed by atoms with Crippen molar-refractivity contribution in [1.29, 1.82) is 0 Å². The van der Waals surface area contributed by atoms with Gasteiger partial charge in [-0.15, -0.1) is 0 Å². The topological polar surface area (TPSA) is 67.2 Å². The fraction of sp³-hybridized carbons (Fsp3) is 0.167. The van der Waals surface area contributed by atoms with Crippen molar-refractivity contribution in [3.05, 3.63) is 47.3 Å². The molecule has 5 nitrogen and oxygen atoms in total. The zero-order valence-electron chi connectivity index (χ0n) is 14.9. The van der Waals surface area contributed by atoms with Crippen molar-refractivity contribution in [3.63, 3.8) is 0 Å². The average molecular weight is 429 g/mol. The van der Waals surface area contributed by atoms with Gasteiger partial charge in [-0.3, -0.25) is 4.79 Å². The minimum atomic E-state index is -2.27. The molecule has 0 bridgehead atoms. The van der Waals surface area contributed by atoms with Gasteiger partial charge < -0.3 is 15.1 Å². The number of benzene rings is 2. The van der Waals surface area contributed by atoms with Gasteiger partial charge in [0.1, 0.15) is 11.1 Å². The number of hydrogen-bond acceptors (Lipinski definition) is 4. The number of anilines is 1. The van der Waals surface area contributed by atoms with E-state index in [0.717, 1.165) is 0 Å². The number of halogens is 5. The summed E-state index contributed by atoms with van der Waals surface area (Å²) in [7, 11) is 0. The van der Waals surface area contributed by atoms with E-state index in [0.29, 0.717) is 5.69 Å². The quantitative estimate of drug-likeness (QED) is 0.274. The molecule has 2 aromatic carbocycles. The SMILES string of the molecule is CC(C)C(=O)NC(=S)Nc1ccc2oc(-c3c(F)c(F)c(F)c(F)c3F)nc2c1. The van der Waals surface area contributed by atoms with Crippen LogP contribution in [0.15, 0.2) is 22.6 Å². The van der Waals surface area contributed by atoms with Crippen LogP contribution in [-0.4, -0.2) is 16.0 Å². The number of rotatable bonds is 3. The predicted molar refractivity (Wildman–Crippen MR) is 98.4 cm³/mol. The van der Waals surface area contributed by atoms with Crippen LogP contribution in [-0.2, 0) is 4.79 Å². The van der Waals surface area contributed by atoms with Gasteiger partial charge >= 0.3 is 0 Å². The number of carbonyl (C=O) groups excluding carboxylic acids is 1. The molecule has 29 heavy (non-hydrogen) atoms. The second-order valence-electron chi connectivity index (χ2n) is 6.24. The van der Waals surface area contributed by atoms with E-state index in [2.05, 4.69) is 15.6 Å². The van der Waals surface area contributed by atoms with Crippen LogP contribution in [0, 0.1) is 35.0 Å². The Bertz CT molecular complexity index is 1120. The van der Waals surface area contributed by atoms with Gasteiger partial charge in [-0.1, -0.05) is 13.8 Å². The number of fused-ring (bicyclic) bond motifs is 1. The van der Waals surface area contributed by atoms with Gasteiger partial charge in [-0.25, -0.2) is 26.9 Å². The number of carbonyl (C=O) groups is 1. The molecular formula is C18H12F5N3O2S. The van der Waals surface area contributed by atoms with Crippen molar-refractivity contribution in [2.45, 2.75) is 13.8 Å². The minimum Gasteiger partial charge on any atom is -0.436 e. The van der Waals surface area contributed by atoms with E-state index in [-0.39, 0.29) is 28.0 Å². The molecule has 0 radical (unpaired) electrons. The molecule has 1 aromatic heterocycles. The summed E-state index contributed by atoms with van der Waals surface area (Å²) in [6.45, 7) is 3.36. The minimum absolute atomic E-state index is 0.00605. The Hall–Kier alpha value is -3.08. The van der Waals surface area contributed by atoms with Crippen LogP contribution in [0.4, 0.5) is 27.6 Å². The van der Waals surface area contributed by atoms with Crippen LogP contribution in [0.3, 0.4) is 0 Å². The Morgan fingerprint density at radius 3 is 2.21 bits per heavy atom. The average Bonchev–Trinajstić information content (AvgIpc) is 3.07. The summed E-state index contributed by atoms with van der Waals surface area (Å²) < 4.78 is 73.1. The molecule has 3 rings (SSSR count). The highest BCUT2D eigenvalue weighted by atomic mass is 32.1. The van der Waals surface area contributed by atoms with Crippen LogP contribution in [0.2, 0.25) is 0 Å². The number of nitrogens with one attached hydrogen (secondary N) is 2. The highest BCUT2D eigenvalue weighted by Gasteiger charge is 2.29. The Balaban J connectivity index is 1.95. The number of thiocarbonyl (C=S) groups is 1. The molecule has 0 saturated heterocycles. The van der Waals surface area contributed by atoms with Crippen molar-refractivity contribution in [1.82, 2.24) is 10.3 Å². The number of hydrogen-bond donors (Lipinski definition) is 2. The van der Waals surface area contributed by atoms with E-state index < -0.39 is 40.5 Å². The number of aromatic nitrogens is 1. The van der Waals surface area contributed by atoms with Crippen LogP contribution in [0.25, 0.3) is 22.6 Å². The molecule has 0 aliphatic carbocycles. The monoisotopic (exact) mass is 429 g/mol. The zero-order chi connectivity index (χ0) is 21.5. The van der Waals surface area contributed by atoms with Gasteiger partial charge in [0.25, 0.3) is 0 Å². The normalized spacial score (nSPS) is 11.2. The van der Waals surface area contributed by atoms with Gasteiger partial charge in [0, 0.05) is 11.6 Å². The third-order valence-electron chi connectivity index (χ3n) is 3.83. The Kier molecular flexibility index (Phi) is 5.51. The molecule has 1 heterocycles. The lowest BCUT2D eigenvalue weighted by Crippen LogP contribution is -2.36. The van der Waals surface area contributed by atoms with Gasteiger partial charge in [0.2, 0.25) is 17.6 Å². The second-order valence-corrected chi connectivity index (χ2v) is 6.65. The molecule has 11 heteroatoms. The molecule has 0 unspecified atom stereocenters. The summed E-state index contributed by atoms with van der Waals surface area (Å²) in [4.78, 5) is 15.4. The Morgan fingerprint density at radius 2 is 1.62 bits per heavy atom. The predicted octanol–water partition coefficient (Wildman–Crippen LogP) is 4.66. The molecule has 0 aliphatic heterocycles. The van der Waals surface area contributed by atoms with E-state index >= 15 is 0 Å². The van der Waals surface area contributed by atoms with Gasteiger partial charge in [0.15, 0.2) is 34.0 Å². The highest BCUT2D eigenvalue weighted by Crippen LogP contribution is 2.33. The summed E-state index contributed by atoms with van der Waals surface area (Å²) in [6.07, 6.45) is 0. The number of nitrogens with zero attached hydrogens (tertiary/aromatic N) is 1. The first-order valence-electron chi connectivity index (χ1n) is 8.14. The number of oxazole rings is 1. The lowest BCUT2D eigenvalue weighted by Gasteiger charge is -2.10. The third kappa shape index (κ3) is 3.90. The fourth-order valence-corrected chi connectivity index (χ4v) is 2.54. The standard InChI is InChI=1S/C18H12F5N3O2S/c1-6(2)16(27)26-18(29)24-7-3-4-9-8(5-7)25-17(28-9)10-11(19)13(21)15(23)14(22)12(10)20/h3-6H,1-2H3,(H2,24,26,27,29). The molecule has 0 fully saturated rings. The van der Waals surface area contributed by atoms with Crippen molar-refractivity contribution in [2.75, 3.05) is 5.32 Å². The van der Waals surface area contributed by atoms with Crippen molar-refractivity contribution >= 4 is 40.0 Å². The van der Waals surface area contributed by atoms with Crippen molar-refractivity contribution in [2.24, 2.45) is 5.92 Å². The molecule has 0 aliphatic rings. The van der Waals surface area contributed by atoms with Gasteiger partial charge in [0.05, 0.1) is 0 Å². The fourth-order valence-electron chi connectivity index (χ4n) is 2.32. The molecular weight excluding hydrogens is 417 g/mol. The van der Waals surface area contributed by atoms with E-state index in [9.17, 15) is 26.7 Å². The summed E-state index contributed by atoms with van der Waals surface area (Å²) in [5.74, 6) is -12.0. The van der Waals surface area contributed by atoms with Crippen LogP contribution in [0.5, 0.6) is 0 Å². The maximum Gasteiger partial charge on any atom is 0.233 e. The Labute approximate surface area is 165 Å². The lowest BCUT2D eigenvalue weighted by molar-refractivity contribution is -0.122. The molecule has 3 aromatic rings. The first kappa shape index (κ1) is 20.6. The van der Waals surface area contributed by atoms with E-state index in [1.807, 2.05) is 0 Å². The first-order chi connectivity index (χ1) is 13.6. The molecule has 0 saturated carbocycles. The Morgan fingerprint density at radius 1 is 1.03 bits per heavy atom. The van der Waals surface area contributed by atoms with Crippen LogP contribution in [0.1, 0.15) is 13.8 Å². The highest BCUT2D eigenvalue weighted by molar-refractivity contribution is 7.80. The van der Waals surface area contributed by atoms with Crippen LogP contribution >= 0.6 is 12.2 Å². The second kappa shape index (κ2) is 7.74. The number of amides is 1. The molecule has 2 N–H and O–H groups in total. The van der Waals surface area contributed by atoms with Gasteiger partial charge in [-0.2, -0.15) is 0 Å². The third-order valence-corrected chi connectivity index (χ3v) is 4.03. The summed E-state index contributed by atoms with van der Waals surface area (Å²) in [6, 6.07) is 4.18. The maximum atomic E-state index is 14.0. The van der Waals surface area contributed by atoms with Crippen LogP contribution < -0.4 is 10.6 Å². The maximum absolute atomic E-state index is 14.0. The summed E-state index contributed by atoms with van der Waals surface area (Å²) >= 11 is 5.01. The van der Waals surface area contributed by atoms with Crippen molar-refractivity contribution < 1.29 is 31.2 Å². The summed E-state index contributed by atoms with van der Waals surface area (Å²) in [5, 5.41) is 5.18. The van der Waals surface area contributed by atoms with E-state index in [4.69, 9.17) is 16.6 Å². The van der Waals surface area contributed by atoms with E-state index in [1.165, 1.54) is 18.2 Å². The van der Waals surface area contributed by atoms with E-state index in [1.54, 1.807) is 13.8 Å². The lowest BCUT2D eigenvalue weighted by atomic mass is 10.1. The largest absolute Gasteiger partial charge is 0.436 e. The molecule has 0 spiro atoms. The zero-order valence-corrected chi connectivity index (χ0v) is 15.7. The molecule has 152 valence electrons. The summed E-state index contributed by atoms with van der Waals surface area (Å²) in [5.41, 5.74) is -0.825. The van der Waals surface area contributed by atoms with Gasteiger partial charge in [-0.05, 0) is 30.4 Å². The first-order valence-corrected chi connectivity index (χ1v) is 8.55. The molecule has 0 atom stereocenters. The smallest absolute Gasteiger partial charge is 0.233 e.